The third-order valence-electron chi connectivity index (χ3n) is 4.13. The smallest absolute Gasteiger partial charge is 0.227 e. The van der Waals surface area contributed by atoms with Crippen molar-refractivity contribution in [3.63, 3.8) is 0 Å². The number of benzene rings is 1. The van der Waals surface area contributed by atoms with E-state index in [4.69, 9.17) is 10.5 Å². The molecule has 116 valence electrons. The lowest BCUT2D eigenvalue weighted by Gasteiger charge is -2.19. The molecular weight excluding hydrogens is 264 g/mol. The predicted octanol–water partition coefficient (Wildman–Crippen LogP) is 3.10. The van der Waals surface area contributed by atoms with Crippen LogP contribution in [0.25, 0.3) is 0 Å². The van der Waals surface area contributed by atoms with Gasteiger partial charge in [0.05, 0.1) is 6.10 Å². The molecule has 0 aromatic heterocycles. The molecule has 2 unspecified atom stereocenters. The summed E-state index contributed by atoms with van der Waals surface area (Å²) in [6.45, 7) is 6.58. The molecule has 1 fully saturated rings. The summed E-state index contributed by atoms with van der Waals surface area (Å²) in [6, 6.07) is 5.78. The fraction of sp³-hybridized carbons (Fsp3) is 0.588. The van der Waals surface area contributed by atoms with Crippen LogP contribution in [0.4, 0.5) is 5.69 Å². The summed E-state index contributed by atoms with van der Waals surface area (Å²) in [7, 11) is 0. The zero-order chi connectivity index (χ0) is 15.4. The summed E-state index contributed by atoms with van der Waals surface area (Å²) in [5, 5.41) is 3.05. The minimum atomic E-state index is 0.0565. The molecule has 0 aliphatic heterocycles. The maximum atomic E-state index is 12.4. The van der Waals surface area contributed by atoms with Crippen LogP contribution < -0.4 is 15.8 Å². The molecule has 4 nitrogen and oxygen atoms in total. The summed E-state index contributed by atoms with van der Waals surface area (Å²) in [5.74, 6) is 1.32. The molecule has 1 aromatic carbocycles. The van der Waals surface area contributed by atoms with E-state index < -0.39 is 0 Å². The number of anilines is 1. The van der Waals surface area contributed by atoms with Crippen molar-refractivity contribution in [2.45, 2.75) is 46.1 Å². The van der Waals surface area contributed by atoms with Gasteiger partial charge in [0, 0.05) is 11.6 Å². The van der Waals surface area contributed by atoms with Crippen molar-refractivity contribution in [3.8, 4) is 5.75 Å². The lowest BCUT2D eigenvalue weighted by atomic mass is 9.95. The van der Waals surface area contributed by atoms with E-state index >= 15 is 0 Å². The van der Waals surface area contributed by atoms with Gasteiger partial charge in [-0.25, -0.2) is 0 Å². The Bertz CT molecular complexity index is 500. The van der Waals surface area contributed by atoms with Crippen molar-refractivity contribution in [1.29, 1.82) is 0 Å². The molecule has 1 aliphatic rings. The number of nitrogens with one attached hydrogen (secondary N) is 1. The van der Waals surface area contributed by atoms with Crippen LogP contribution in [0.3, 0.4) is 0 Å². The lowest BCUT2D eigenvalue weighted by Crippen LogP contribution is -2.29. The second kappa shape index (κ2) is 6.94. The van der Waals surface area contributed by atoms with E-state index in [0.29, 0.717) is 12.5 Å². The van der Waals surface area contributed by atoms with Crippen LogP contribution in [0, 0.1) is 18.8 Å². The van der Waals surface area contributed by atoms with Gasteiger partial charge in [-0.3, -0.25) is 4.79 Å². The Hall–Kier alpha value is -1.55. The van der Waals surface area contributed by atoms with Gasteiger partial charge in [-0.2, -0.15) is 0 Å². The first-order valence-electron chi connectivity index (χ1n) is 7.79. The minimum Gasteiger partial charge on any atom is -0.491 e. The average molecular weight is 290 g/mol. The van der Waals surface area contributed by atoms with Gasteiger partial charge in [0.1, 0.15) is 5.75 Å². The molecule has 0 bridgehead atoms. The SMILES string of the molecule is Cc1cc(OC(C)C)ccc1NC(=O)C1CCCC1CN. The largest absolute Gasteiger partial charge is 0.491 e. The van der Waals surface area contributed by atoms with Crippen molar-refractivity contribution < 1.29 is 9.53 Å². The van der Waals surface area contributed by atoms with Crippen molar-refractivity contribution in [1.82, 2.24) is 0 Å². The highest BCUT2D eigenvalue weighted by atomic mass is 16.5. The number of rotatable bonds is 5. The molecule has 0 spiro atoms. The molecule has 1 saturated carbocycles. The van der Waals surface area contributed by atoms with Crippen LogP contribution in [0.15, 0.2) is 18.2 Å². The Morgan fingerprint density at radius 1 is 1.43 bits per heavy atom. The summed E-state index contributed by atoms with van der Waals surface area (Å²) in [5.41, 5.74) is 7.63. The molecule has 0 heterocycles. The molecule has 0 saturated heterocycles. The first-order valence-corrected chi connectivity index (χ1v) is 7.79. The highest BCUT2D eigenvalue weighted by Crippen LogP contribution is 2.32. The lowest BCUT2D eigenvalue weighted by molar-refractivity contribution is -0.120. The van der Waals surface area contributed by atoms with Gasteiger partial charge >= 0.3 is 0 Å². The first-order chi connectivity index (χ1) is 10.0. The summed E-state index contributed by atoms with van der Waals surface area (Å²) in [4.78, 5) is 12.4. The quantitative estimate of drug-likeness (QED) is 0.876. The molecule has 1 amide bonds. The average Bonchev–Trinajstić information content (AvgIpc) is 2.89. The molecular formula is C17H26N2O2. The highest BCUT2D eigenvalue weighted by Gasteiger charge is 2.32. The van der Waals surface area contributed by atoms with Gasteiger partial charge in [-0.15, -0.1) is 0 Å². The summed E-state index contributed by atoms with van der Waals surface area (Å²) < 4.78 is 5.66. The van der Waals surface area contributed by atoms with Crippen LogP contribution in [0.2, 0.25) is 0 Å². The van der Waals surface area contributed by atoms with Gasteiger partial charge in [-0.05, 0) is 69.8 Å². The van der Waals surface area contributed by atoms with E-state index in [-0.39, 0.29) is 17.9 Å². The van der Waals surface area contributed by atoms with Gasteiger partial charge in [0.15, 0.2) is 0 Å². The van der Waals surface area contributed by atoms with Crippen LogP contribution >= 0.6 is 0 Å². The van der Waals surface area contributed by atoms with Crippen molar-refractivity contribution >= 4 is 11.6 Å². The zero-order valence-electron chi connectivity index (χ0n) is 13.2. The standard InChI is InChI=1S/C17H26N2O2/c1-11(2)21-14-7-8-16(12(3)9-14)19-17(20)15-6-4-5-13(15)10-18/h7-9,11,13,15H,4-6,10,18H2,1-3H3,(H,19,20). The number of carbonyl (C=O) groups is 1. The Kier molecular flexibility index (Phi) is 5.23. The Balaban J connectivity index is 2.04. The number of amides is 1. The topological polar surface area (TPSA) is 64.3 Å². The number of nitrogens with two attached hydrogens (primary N) is 1. The fourth-order valence-electron chi connectivity index (χ4n) is 3.01. The highest BCUT2D eigenvalue weighted by molar-refractivity contribution is 5.93. The zero-order valence-corrected chi connectivity index (χ0v) is 13.2. The Labute approximate surface area is 127 Å². The number of hydrogen-bond acceptors (Lipinski definition) is 3. The number of ether oxygens (including phenoxy) is 1. The van der Waals surface area contributed by atoms with Crippen LogP contribution in [-0.2, 0) is 4.79 Å². The maximum absolute atomic E-state index is 12.4. The molecule has 4 heteroatoms. The summed E-state index contributed by atoms with van der Waals surface area (Å²) in [6.07, 6.45) is 3.25. The van der Waals surface area contributed by atoms with Crippen LogP contribution in [0.1, 0.15) is 38.7 Å². The van der Waals surface area contributed by atoms with E-state index in [2.05, 4.69) is 5.32 Å². The fourth-order valence-corrected chi connectivity index (χ4v) is 3.01. The van der Waals surface area contributed by atoms with E-state index in [1.54, 1.807) is 0 Å². The van der Waals surface area contributed by atoms with Gasteiger partial charge in [-0.1, -0.05) is 6.42 Å². The maximum Gasteiger partial charge on any atom is 0.227 e. The van der Waals surface area contributed by atoms with Gasteiger partial charge < -0.3 is 15.8 Å². The summed E-state index contributed by atoms with van der Waals surface area (Å²) >= 11 is 0. The molecule has 3 N–H and O–H groups in total. The predicted molar refractivity (Wildman–Crippen MR) is 85.5 cm³/mol. The van der Waals surface area contributed by atoms with Gasteiger partial charge in [0.2, 0.25) is 5.91 Å². The van der Waals surface area contributed by atoms with E-state index in [0.717, 1.165) is 36.3 Å². The second-order valence-corrected chi connectivity index (χ2v) is 6.17. The number of carbonyl (C=O) groups excluding carboxylic acids is 1. The van der Waals surface area contributed by atoms with Gasteiger partial charge in [0.25, 0.3) is 0 Å². The molecule has 21 heavy (non-hydrogen) atoms. The Morgan fingerprint density at radius 3 is 2.81 bits per heavy atom. The van der Waals surface area contributed by atoms with Crippen molar-refractivity contribution in [2.75, 3.05) is 11.9 Å². The molecule has 1 aliphatic carbocycles. The van der Waals surface area contributed by atoms with E-state index in [1.165, 1.54) is 0 Å². The monoisotopic (exact) mass is 290 g/mol. The molecule has 1 aromatic rings. The third kappa shape index (κ3) is 3.97. The first kappa shape index (κ1) is 15.8. The van der Waals surface area contributed by atoms with E-state index in [9.17, 15) is 4.79 Å². The van der Waals surface area contributed by atoms with Crippen molar-refractivity contribution in [2.24, 2.45) is 17.6 Å². The molecule has 2 rings (SSSR count). The number of hydrogen-bond donors (Lipinski definition) is 2. The van der Waals surface area contributed by atoms with Crippen LogP contribution in [-0.4, -0.2) is 18.6 Å². The molecule has 2 atom stereocenters. The van der Waals surface area contributed by atoms with Crippen LogP contribution in [0.5, 0.6) is 5.75 Å². The third-order valence-corrected chi connectivity index (χ3v) is 4.13. The number of aryl methyl sites for hydroxylation is 1. The molecule has 0 radical (unpaired) electrons. The second-order valence-electron chi connectivity index (χ2n) is 6.17. The normalized spacial score (nSPS) is 21.6. The Morgan fingerprint density at radius 2 is 2.19 bits per heavy atom. The van der Waals surface area contributed by atoms with E-state index in [1.807, 2.05) is 39.0 Å². The van der Waals surface area contributed by atoms with Crippen molar-refractivity contribution in [3.05, 3.63) is 23.8 Å². The minimum absolute atomic E-state index is 0.0565.